The molecule has 1 atom stereocenters. The largest absolute Gasteiger partial charge is 0.372 e. The van der Waals surface area contributed by atoms with Gasteiger partial charge in [-0.3, -0.25) is 0 Å². The second-order valence-electron chi connectivity index (χ2n) is 5.44. The van der Waals surface area contributed by atoms with Gasteiger partial charge in [-0.25, -0.2) is 0 Å². The third-order valence-electron chi connectivity index (χ3n) is 3.58. The van der Waals surface area contributed by atoms with E-state index in [1.807, 2.05) is 36.4 Å². The summed E-state index contributed by atoms with van der Waals surface area (Å²) in [6, 6.07) is 29.0. The molecule has 1 nitrogen and oxygen atoms in total. The first-order valence-corrected chi connectivity index (χ1v) is 7.80. The fourth-order valence-corrected chi connectivity index (χ4v) is 2.39. The molecule has 0 aliphatic heterocycles. The average Bonchev–Trinajstić information content (AvgIpc) is 2.62. The smallest absolute Gasteiger partial charge is 0.0852 e. The standard InChI is InChI=1S/C22H19N/c1-18(23-22-10-6-3-7-11-22)12-13-19-14-16-21(17-15-19)20-8-4-2-5-9-20/h2-11,14-18,23H,1H3/t18-/m1/s1. The molecule has 0 bridgehead atoms. The van der Waals surface area contributed by atoms with Crippen molar-refractivity contribution in [1.82, 2.24) is 0 Å². The van der Waals surface area contributed by atoms with Crippen LogP contribution in [-0.4, -0.2) is 6.04 Å². The van der Waals surface area contributed by atoms with E-state index in [1.54, 1.807) is 0 Å². The maximum atomic E-state index is 3.38. The lowest BCUT2D eigenvalue weighted by Gasteiger charge is -2.08. The lowest BCUT2D eigenvalue weighted by atomic mass is 10.0. The van der Waals surface area contributed by atoms with E-state index in [9.17, 15) is 0 Å². The van der Waals surface area contributed by atoms with Gasteiger partial charge in [0.15, 0.2) is 0 Å². The molecule has 0 radical (unpaired) electrons. The zero-order chi connectivity index (χ0) is 15.9. The van der Waals surface area contributed by atoms with E-state index in [0.717, 1.165) is 11.3 Å². The topological polar surface area (TPSA) is 12.0 Å². The van der Waals surface area contributed by atoms with Gasteiger partial charge < -0.3 is 5.32 Å². The van der Waals surface area contributed by atoms with Gasteiger partial charge >= 0.3 is 0 Å². The number of rotatable bonds is 3. The Morgan fingerprint density at radius 1 is 0.696 bits per heavy atom. The number of hydrogen-bond donors (Lipinski definition) is 1. The third kappa shape index (κ3) is 4.25. The summed E-state index contributed by atoms with van der Waals surface area (Å²) in [6.07, 6.45) is 0. The quantitative estimate of drug-likeness (QED) is 0.655. The molecule has 1 N–H and O–H groups in total. The highest BCUT2D eigenvalue weighted by Gasteiger charge is 1.97. The highest BCUT2D eigenvalue weighted by Crippen LogP contribution is 2.18. The van der Waals surface area contributed by atoms with E-state index in [0.29, 0.717) is 0 Å². The van der Waals surface area contributed by atoms with Crippen molar-refractivity contribution >= 4 is 5.69 Å². The monoisotopic (exact) mass is 297 g/mol. The predicted molar refractivity (Wildman–Crippen MR) is 98.3 cm³/mol. The van der Waals surface area contributed by atoms with Crippen LogP contribution in [-0.2, 0) is 0 Å². The molecule has 112 valence electrons. The van der Waals surface area contributed by atoms with Crippen molar-refractivity contribution in [2.24, 2.45) is 0 Å². The Hall–Kier alpha value is -2.98. The minimum atomic E-state index is 0.103. The lowest BCUT2D eigenvalue weighted by molar-refractivity contribution is 1.03. The van der Waals surface area contributed by atoms with E-state index in [2.05, 4.69) is 72.6 Å². The van der Waals surface area contributed by atoms with E-state index in [-0.39, 0.29) is 6.04 Å². The molecule has 0 aliphatic carbocycles. The van der Waals surface area contributed by atoms with Crippen LogP contribution in [0.4, 0.5) is 5.69 Å². The summed E-state index contributed by atoms with van der Waals surface area (Å²) in [4.78, 5) is 0. The summed E-state index contributed by atoms with van der Waals surface area (Å²) in [7, 11) is 0. The van der Waals surface area contributed by atoms with E-state index >= 15 is 0 Å². The minimum absolute atomic E-state index is 0.103. The van der Waals surface area contributed by atoms with Gasteiger partial charge in [-0.1, -0.05) is 72.5 Å². The van der Waals surface area contributed by atoms with Crippen LogP contribution >= 0.6 is 0 Å². The Morgan fingerprint density at radius 3 is 1.91 bits per heavy atom. The Balaban J connectivity index is 1.67. The number of anilines is 1. The molecular formula is C22H19N. The van der Waals surface area contributed by atoms with E-state index < -0.39 is 0 Å². The number of nitrogens with one attached hydrogen (secondary N) is 1. The van der Waals surface area contributed by atoms with Gasteiger partial charge in [-0.15, -0.1) is 0 Å². The van der Waals surface area contributed by atoms with Crippen molar-refractivity contribution in [1.29, 1.82) is 0 Å². The van der Waals surface area contributed by atoms with Crippen LogP contribution in [0.2, 0.25) is 0 Å². The molecule has 0 saturated carbocycles. The molecule has 0 unspecified atom stereocenters. The Bertz CT molecular complexity index is 793. The second kappa shape index (κ2) is 7.33. The summed E-state index contributed by atoms with van der Waals surface area (Å²) >= 11 is 0. The number of benzene rings is 3. The average molecular weight is 297 g/mol. The van der Waals surface area contributed by atoms with Gasteiger partial charge in [0, 0.05) is 11.3 Å². The first kappa shape index (κ1) is 14.9. The molecular weight excluding hydrogens is 278 g/mol. The molecule has 0 amide bonds. The molecule has 1 heteroatoms. The summed E-state index contributed by atoms with van der Waals surface area (Å²) in [5, 5.41) is 3.38. The normalized spacial score (nSPS) is 11.2. The van der Waals surface area contributed by atoms with Crippen LogP contribution in [0.15, 0.2) is 84.9 Å². The van der Waals surface area contributed by atoms with Gasteiger partial charge in [-0.2, -0.15) is 0 Å². The highest BCUT2D eigenvalue weighted by molar-refractivity contribution is 5.64. The summed E-state index contributed by atoms with van der Waals surface area (Å²) in [5.74, 6) is 6.48. The molecule has 23 heavy (non-hydrogen) atoms. The van der Waals surface area contributed by atoms with Crippen LogP contribution in [0.25, 0.3) is 11.1 Å². The number of para-hydroxylation sites is 1. The maximum absolute atomic E-state index is 3.38. The van der Waals surface area contributed by atoms with Crippen LogP contribution in [0, 0.1) is 11.8 Å². The third-order valence-corrected chi connectivity index (χ3v) is 3.58. The van der Waals surface area contributed by atoms with Gasteiger partial charge in [0.25, 0.3) is 0 Å². The number of hydrogen-bond acceptors (Lipinski definition) is 1. The molecule has 0 saturated heterocycles. The van der Waals surface area contributed by atoms with Crippen molar-refractivity contribution in [3.05, 3.63) is 90.5 Å². The van der Waals surface area contributed by atoms with Gasteiger partial charge in [-0.05, 0) is 42.3 Å². The van der Waals surface area contributed by atoms with Crippen molar-refractivity contribution in [2.45, 2.75) is 13.0 Å². The summed E-state index contributed by atoms with van der Waals surface area (Å²) in [5.41, 5.74) is 4.57. The van der Waals surface area contributed by atoms with Crippen molar-refractivity contribution in [2.75, 3.05) is 5.32 Å². The summed E-state index contributed by atoms with van der Waals surface area (Å²) in [6.45, 7) is 2.07. The van der Waals surface area contributed by atoms with Crippen LogP contribution < -0.4 is 5.32 Å². The minimum Gasteiger partial charge on any atom is -0.372 e. The molecule has 0 aliphatic rings. The van der Waals surface area contributed by atoms with E-state index in [4.69, 9.17) is 0 Å². The lowest BCUT2D eigenvalue weighted by Crippen LogP contribution is -2.12. The van der Waals surface area contributed by atoms with Crippen molar-refractivity contribution < 1.29 is 0 Å². The molecule has 3 aromatic rings. The van der Waals surface area contributed by atoms with Crippen LogP contribution in [0.3, 0.4) is 0 Å². The first-order chi connectivity index (χ1) is 11.3. The SMILES string of the molecule is C[C@H](C#Cc1ccc(-c2ccccc2)cc1)Nc1ccccc1. The predicted octanol–water partition coefficient (Wildman–Crippen LogP) is 5.21. The molecule has 0 aromatic heterocycles. The van der Waals surface area contributed by atoms with Gasteiger partial charge in [0.1, 0.15) is 0 Å². The first-order valence-electron chi connectivity index (χ1n) is 7.80. The highest BCUT2D eigenvalue weighted by atomic mass is 14.9. The molecule has 3 aromatic carbocycles. The maximum Gasteiger partial charge on any atom is 0.0852 e. The Labute approximate surface area is 138 Å². The molecule has 0 spiro atoms. The van der Waals surface area contributed by atoms with Gasteiger partial charge in [0.05, 0.1) is 6.04 Å². The van der Waals surface area contributed by atoms with E-state index in [1.165, 1.54) is 11.1 Å². The van der Waals surface area contributed by atoms with Crippen LogP contribution in [0.1, 0.15) is 12.5 Å². The fourth-order valence-electron chi connectivity index (χ4n) is 2.39. The molecule has 0 fully saturated rings. The van der Waals surface area contributed by atoms with Crippen molar-refractivity contribution in [3.63, 3.8) is 0 Å². The fraction of sp³-hybridized carbons (Fsp3) is 0.0909. The zero-order valence-corrected chi connectivity index (χ0v) is 13.2. The molecule has 3 rings (SSSR count). The van der Waals surface area contributed by atoms with Crippen LogP contribution in [0.5, 0.6) is 0 Å². The van der Waals surface area contributed by atoms with Crippen molar-refractivity contribution in [3.8, 4) is 23.0 Å². The summed E-state index contributed by atoms with van der Waals surface area (Å²) < 4.78 is 0. The zero-order valence-electron chi connectivity index (χ0n) is 13.2. The Morgan fingerprint density at radius 2 is 1.26 bits per heavy atom. The second-order valence-corrected chi connectivity index (χ2v) is 5.44. The van der Waals surface area contributed by atoms with Gasteiger partial charge in [0.2, 0.25) is 0 Å². The Kier molecular flexibility index (Phi) is 4.76. The molecule has 0 heterocycles.